The molecule has 0 spiro atoms. The van der Waals surface area contributed by atoms with E-state index in [0.29, 0.717) is 18.2 Å². The van der Waals surface area contributed by atoms with Gasteiger partial charge in [0.25, 0.3) is 0 Å². The van der Waals surface area contributed by atoms with Crippen LogP contribution in [0.25, 0.3) is 0 Å². The van der Waals surface area contributed by atoms with Crippen molar-refractivity contribution in [1.29, 1.82) is 0 Å². The molecule has 0 aliphatic rings. The Morgan fingerprint density at radius 1 is 1.00 bits per heavy atom. The molecule has 27 heavy (non-hydrogen) atoms. The predicted octanol–water partition coefficient (Wildman–Crippen LogP) is 6.45. The van der Waals surface area contributed by atoms with Crippen LogP contribution in [-0.2, 0) is 13.2 Å². The minimum absolute atomic E-state index is 0.507. The molecule has 3 nitrogen and oxygen atoms in total. The van der Waals surface area contributed by atoms with Gasteiger partial charge in [-0.05, 0) is 71.0 Å². The molecule has 3 aromatic carbocycles. The molecule has 0 heterocycles. The number of aryl methyl sites for hydroxylation is 1. The zero-order valence-corrected chi connectivity index (χ0v) is 18.2. The lowest BCUT2D eigenvalue weighted by atomic mass is 10.1. The lowest BCUT2D eigenvalue weighted by Crippen LogP contribution is -2.03. The summed E-state index contributed by atoms with van der Waals surface area (Å²) in [5, 5.41) is 4.09. The largest absolute Gasteiger partial charge is 0.493 e. The van der Waals surface area contributed by atoms with Crippen molar-refractivity contribution in [1.82, 2.24) is 0 Å². The van der Waals surface area contributed by atoms with E-state index in [0.717, 1.165) is 31.9 Å². The minimum Gasteiger partial charge on any atom is -0.493 e. The van der Waals surface area contributed by atoms with Gasteiger partial charge in [0.1, 0.15) is 6.61 Å². The van der Waals surface area contributed by atoms with Gasteiger partial charge in [-0.2, -0.15) is 0 Å². The van der Waals surface area contributed by atoms with Crippen LogP contribution < -0.4 is 14.8 Å². The number of methoxy groups -OCH3 is 1. The van der Waals surface area contributed by atoms with Crippen molar-refractivity contribution in [2.24, 2.45) is 0 Å². The molecule has 0 radical (unpaired) electrons. The van der Waals surface area contributed by atoms with Gasteiger partial charge < -0.3 is 14.8 Å². The summed E-state index contributed by atoms with van der Waals surface area (Å²) in [5.41, 5.74) is 4.46. The van der Waals surface area contributed by atoms with E-state index in [1.54, 1.807) is 7.11 Å². The van der Waals surface area contributed by atoms with E-state index in [2.05, 4.69) is 65.2 Å². The molecular weight excluding hydrogens is 473 g/mol. The van der Waals surface area contributed by atoms with Crippen LogP contribution >= 0.6 is 34.2 Å². The Bertz CT molecular complexity index is 913. The lowest BCUT2D eigenvalue weighted by molar-refractivity contribution is 0.282. The molecule has 3 aromatic rings. The summed E-state index contributed by atoms with van der Waals surface area (Å²) >= 11 is 8.33. The molecule has 0 saturated heterocycles. The van der Waals surface area contributed by atoms with E-state index < -0.39 is 0 Å². The second-order valence-electron chi connectivity index (χ2n) is 6.25. The van der Waals surface area contributed by atoms with Crippen LogP contribution in [0.2, 0.25) is 5.02 Å². The van der Waals surface area contributed by atoms with Gasteiger partial charge in [-0.15, -0.1) is 0 Å². The third kappa shape index (κ3) is 5.53. The Morgan fingerprint density at radius 2 is 1.78 bits per heavy atom. The summed E-state index contributed by atoms with van der Waals surface area (Å²) < 4.78 is 12.6. The number of nitrogens with one attached hydrogen (secondary N) is 1. The molecule has 1 N–H and O–H groups in total. The van der Waals surface area contributed by atoms with E-state index in [1.165, 1.54) is 5.56 Å². The first-order valence-electron chi connectivity index (χ1n) is 8.59. The quantitative estimate of drug-likeness (QED) is 0.384. The highest BCUT2D eigenvalue weighted by Crippen LogP contribution is 2.35. The number of benzene rings is 3. The smallest absolute Gasteiger partial charge is 0.174 e. The van der Waals surface area contributed by atoms with Crippen LogP contribution in [0.4, 0.5) is 5.69 Å². The molecule has 0 aliphatic carbocycles. The Kier molecular flexibility index (Phi) is 6.85. The number of hydrogen-bond acceptors (Lipinski definition) is 3. The molecule has 0 amide bonds. The van der Waals surface area contributed by atoms with Gasteiger partial charge in [0.05, 0.1) is 10.7 Å². The minimum atomic E-state index is 0.507. The van der Waals surface area contributed by atoms with Gasteiger partial charge in [-0.1, -0.05) is 47.5 Å². The zero-order valence-electron chi connectivity index (χ0n) is 15.3. The molecule has 0 aromatic heterocycles. The van der Waals surface area contributed by atoms with Gasteiger partial charge in [-0.25, -0.2) is 0 Å². The fourth-order valence-electron chi connectivity index (χ4n) is 2.66. The van der Waals surface area contributed by atoms with Crippen molar-refractivity contribution in [3.05, 3.63) is 85.9 Å². The standard InChI is InChI=1S/C22H21ClINO2/c1-15-6-8-16(9-7-15)14-27-22-20(24)10-17(11-21(22)26-2)13-25-19-5-3-4-18(23)12-19/h3-12,25H,13-14H2,1-2H3. The van der Waals surface area contributed by atoms with Crippen LogP contribution in [0.1, 0.15) is 16.7 Å². The molecule has 0 saturated carbocycles. The van der Waals surface area contributed by atoms with Crippen LogP contribution in [0, 0.1) is 10.5 Å². The van der Waals surface area contributed by atoms with Gasteiger partial charge in [0, 0.05) is 17.3 Å². The number of anilines is 1. The highest BCUT2D eigenvalue weighted by atomic mass is 127. The fraction of sp³-hybridized carbons (Fsp3) is 0.182. The Hall–Kier alpha value is -1.92. The monoisotopic (exact) mass is 493 g/mol. The van der Waals surface area contributed by atoms with E-state index in [9.17, 15) is 0 Å². The van der Waals surface area contributed by atoms with E-state index in [4.69, 9.17) is 21.1 Å². The molecule has 0 fully saturated rings. The van der Waals surface area contributed by atoms with Crippen molar-refractivity contribution in [3.63, 3.8) is 0 Å². The van der Waals surface area contributed by atoms with Gasteiger partial charge in [-0.3, -0.25) is 0 Å². The predicted molar refractivity (Wildman–Crippen MR) is 120 cm³/mol. The number of halogens is 2. The Labute approximate surface area is 178 Å². The number of hydrogen-bond donors (Lipinski definition) is 1. The topological polar surface area (TPSA) is 30.5 Å². The van der Waals surface area contributed by atoms with Crippen molar-refractivity contribution in [2.75, 3.05) is 12.4 Å². The summed E-state index contributed by atoms with van der Waals surface area (Å²) in [4.78, 5) is 0. The molecule has 0 aliphatic heterocycles. The molecule has 0 unspecified atom stereocenters. The molecule has 0 bridgehead atoms. The zero-order chi connectivity index (χ0) is 19.2. The van der Waals surface area contributed by atoms with Crippen molar-refractivity contribution >= 4 is 39.9 Å². The van der Waals surface area contributed by atoms with E-state index >= 15 is 0 Å². The average Bonchev–Trinajstić information content (AvgIpc) is 2.66. The molecular formula is C22H21ClINO2. The Morgan fingerprint density at radius 3 is 2.48 bits per heavy atom. The summed E-state index contributed by atoms with van der Waals surface area (Å²) in [6, 6.07) is 20.1. The summed E-state index contributed by atoms with van der Waals surface area (Å²) in [6.45, 7) is 3.25. The molecule has 0 atom stereocenters. The van der Waals surface area contributed by atoms with Crippen LogP contribution in [0.3, 0.4) is 0 Å². The third-order valence-corrected chi connectivity index (χ3v) is 5.15. The first kappa shape index (κ1) is 19.8. The maximum Gasteiger partial charge on any atom is 0.174 e. The summed E-state index contributed by atoms with van der Waals surface area (Å²) in [7, 11) is 1.67. The van der Waals surface area contributed by atoms with Gasteiger partial charge in [0.15, 0.2) is 11.5 Å². The maximum absolute atomic E-state index is 6.05. The SMILES string of the molecule is COc1cc(CNc2cccc(Cl)c2)cc(I)c1OCc1ccc(C)cc1. The van der Waals surface area contributed by atoms with Crippen LogP contribution in [-0.4, -0.2) is 7.11 Å². The second kappa shape index (κ2) is 9.33. The van der Waals surface area contributed by atoms with E-state index in [1.807, 2.05) is 30.3 Å². The van der Waals surface area contributed by atoms with Crippen molar-refractivity contribution in [3.8, 4) is 11.5 Å². The molecule has 3 rings (SSSR count). The summed E-state index contributed by atoms with van der Waals surface area (Å²) in [5.74, 6) is 1.50. The Balaban J connectivity index is 1.71. The van der Waals surface area contributed by atoms with Gasteiger partial charge in [0.2, 0.25) is 0 Å². The van der Waals surface area contributed by atoms with E-state index in [-0.39, 0.29) is 0 Å². The third-order valence-electron chi connectivity index (χ3n) is 4.11. The first-order chi connectivity index (χ1) is 13.0. The second-order valence-corrected chi connectivity index (χ2v) is 7.85. The fourth-order valence-corrected chi connectivity index (χ4v) is 3.67. The summed E-state index contributed by atoms with van der Waals surface area (Å²) in [6.07, 6.45) is 0. The maximum atomic E-state index is 6.05. The average molecular weight is 494 g/mol. The molecule has 140 valence electrons. The van der Waals surface area contributed by atoms with Crippen LogP contribution in [0.15, 0.2) is 60.7 Å². The number of ether oxygens (including phenoxy) is 2. The first-order valence-corrected chi connectivity index (χ1v) is 10.0. The van der Waals surface area contributed by atoms with Crippen molar-refractivity contribution < 1.29 is 9.47 Å². The normalized spacial score (nSPS) is 10.5. The molecule has 5 heteroatoms. The number of rotatable bonds is 7. The van der Waals surface area contributed by atoms with Crippen LogP contribution in [0.5, 0.6) is 11.5 Å². The highest BCUT2D eigenvalue weighted by Gasteiger charge is 2.12. The van der Waals surface area contributed by atoms with Crippen molar-refractivity contribution in [2.45, 2.75) is 20.1 Å². The highest BCUT2D eigenvalue weighted by molar-refractivity contribution is 14.1. The van der Waals surface area contributed by atoms with Gasteiger partial charge >= 0.3 is 0 Å². The lowest BCUT2D eigenvalue weighted by Gasteiger charge is -2.15.